The maximum absolute atomic E-state index is 10.5. The van der Waals surface area contributed by atoms with Gasteiger partial charge in [-0.1, -0.05) is 5.57 Å². The van der Waals surface area contributed by atoms with Crippen molar-refractivity contribution in [1.82, 2.24) is 0 Å². The van der Waals surface area contributed by atoms with E-state index in [1.807, 2.05) is 6.92 Å². The third kappa shape index (κ3) is 7.69. The van der Waals surface area contributed by atoms with E-state index in [0.29, 0.717) is 6.42 Å². The van der Waals surface area contributed by atoms with Crippen LogP contribution in [0.2, 0.25) is 0 Å². The molecular formula is C6H12O2S. The van der Waals surface area contributed by atoms with Crippen LogP contribution >= 0.6 is 0 Å². The van der Waals surface area contributed by atoms with Crippen LogP contribution in [0.15, 0.2) is 12.2 Å². The van der Waals surface area contributed by atoms with Gasteiger partial charge >= 0.3 is 0 Å². The molecule has 0 spiro atoms. The zero-order chi connectivity index (χ0) is 7.49. The molecule has 0 saturated heterocycles. The van der Waals surface area contributed by atoms with Crippen molar-refractivity contribution in [1.29, 1.82) is 0 Å². The molecule has 9 heavy (non-hydrogen) atoms. The van der Waals surface area contributed by atoms with Crippen LogP contribution < -0.4 is 0 Å². The molecule has 0 bridgehead atoms. The van der Waals surface area contributed by atoms with Gasteiger partial charge in [-0.25, -0.2) is 8.42 Å². The minimum atomic E-state index is -2.78. The van der Waals surface area contributed by atoms with Crippen molar-refractivity contribution in [2.75, 3.05) is 12.0 Å². The summed E-state index contributed by atoms with van der Waals surface area (Å²) in [7, 11) is -2.78. The van der Waals surface area contributed by atoms with Crippen molar-refractivity contribution < 1.29 is 8.42 Å². The Morgan fingerprint density at radius 3 is 2.11 bits per heavy atom. The van der Waals surface area contributed by atoms with Crippen LogP contribution in [-0.4, -0.2) is 20.4 Å². The lowest BCUT2D eigenvalue weighted by atomic mass is 10.3. The topological polar surface area (TPSA) is 34.1 Å². The first-order chi connectivity index (χ1) is 3.92. The maximum Gasteiger partial charge on any atom is 0.147 e. The Morgan fingerprint density at radius 1 is 1.56 bits per heavy atom. The van der Waals surface area contributed by atoms with Crippen molar-refractivity contribution in [3.63, 3.8) is 0 Å². The van der Waals surface area contributed by atoms with E-state index in [9.17, 15) is 8.42 Å². The van der Waals surface area contributed by atoms with Crippen LogP contribution in [0.25, 0.3) is 0 Å². The van der Waals surface area contributed by atoms with Gasteiger partial charge in [0.05, 0.1) is 5.75 Å². The molecule has 0 aromatic heterocycles. The Hall–Kier alpha value is -0.310. The zero-order valence-corrected chi connectivity index (χ0v) is 6.66. The molecule has 0 fully saturated rings. The zero-order valence-electron chi connectivity index (χ0n) is 5.85. The van der Waals surface area contributed by atoms with Gasteiger partial charge in [0.2, 0.25) is 0 Å². The van der Waals surface area contributed by atoms with Crippen LogP contribution in [0.4, 0.5) is 0 Å². The van der Waals surface area contributed by atoms with Gasteiger partial charge < -0.3 is 0 Å². The van der Waals surface area contributed by atoms with Gasteiger partial charge in [0.15, 0.2) is 0 Å². The maximum atomic E-state index is 10.5. The average molecular weight is 148 g/mol. The second kappa shape index (κ2) is 3.01. The number of hydrogen-bond acceptors (Lipinski definition) is 2. The molecule has 0 aliphatic carbocycles. The highest BCUT2D eigenvalue weighted by Gasteiger charge is 1.99. The predicted molar refractivity (Wildman–Crippen MR) is 39.1 cm³/mol. The molecule has 0 amide bonds. The van der Waals surface area contributed by atoms with Gasteiger partial charge in [-0.2, -0.15) is 0 Å². The van der Waals surface area contributed by atoms with Crippen LogP contribution in [-0.2, 0) is 9.84 Å². The van der Waals surface area contributed by atoms with Gasteiger partial charge in [0, 0.05) is 6.26 Å². The van der Waals surface area contributed by atoms with E-state index in [2.05, 4.69) is 6.58 Å². The van der Waals surface area contributed by atoms with E-state index in [0.717, 1.165) is 5.57 Å². The summed E-state index contributed by atoms with van der Waals surface area (Å²) < 4.78 is 21.0. The normalized spacial score (nSPS) is 11.3. The molecule has 0 rings (SSSR count). The van der Waals surface area contributed by atoms with Gasteiger partial charge in [-0.15, -0.1) is 6.58 Å². The minimum Gasteiger partial charge on any atom is -0.229 e. The van der Waals surface area contributed by atoms with Crippen molar-refractivity contribution in [2.24, 2.45) is 0 Å². The first-order valence-electron chi connectivity index (χ1n) is 2.74. The summed E-state index contributed by atoms with van der Waals surface area (Å²) in [5.41, 5.74) is 0.917. The molecule has 0 aromatic rings. The molecule has 0 saturated carbocycles. The molecule has 0 aliphatic rings. The van der Waals surface area contributed by atoms with E-state index in [-0.39, 0.29) is 5.75 Å². The van der Waals surface area contributed by atoms with Gasteiger partial charge in [0.25, 0.3) is 0 Å². The Kier molecular flexibility index (Phi) is 2.91. The fourth-order valence-corrected chi connectivity index (χ4v) is 1.08. The molecule has 0 heterocycles. The summed E-state index contributed by atoms with van der Waals surface area (Å²) in [5, 5.41) is 0. The molecule has 0 aliphatic heterocycles. The van der Waals surface area contributed by atoms with E-state index in [4.69, 9.17) is 0 Å². The largest absolute Gasteiger partial charge is 0.229 e. The van der Waals surface area contributed by atoms with Gasteiger partial charge in [-0.05, 0) is 13.3 Å². The second-order valence-electron chi connectivity index (χ2n) is 2.34. The SMILES string of the molecule is C=C(C)CCS(C)(=O)=O. The standard InChI is InChI=1S/C6H12O2S/c1-6(2)4-5-9(3,7)8/h1,4-5H2,2-3H3. The van der Waals surface area contributed by atoms with Crippen LogP contribution in [0, 0.1) is 0 Å². The molecule has 54 valence electrons. The fourth-order valence-electron chi connectivity index (χ4n) is 0.360. The Morgan fingerprint density at radius 2 is 2.00 bits per heavy atom. The molecule has 3 heteroatoms. The number of allylic oxidation sites excluding steroid dienone is 1. The Bertz CT molecular complexity index is 189. The van der Waals surface area contributed by atoms with Crippen molar-refractivity contribution in [3.05, 3.63) is 12.2 Å². The predicted octanol–water partition coefficient (Wildman–Crippen LogP) is 0.997. The van der Waals surface area contributed by atoms with Crippen LogP contribution in [0.5, 0.6) is 0 Å². The van der Waals surface area contributed by atoms with Crippen molar-refractivity contribution in [3.8, 4) is 0 Å². The Labute approximate surface area is 56.5 Å². The van der Waals surface area contributed by atoms with Gasteiger partial charge in [-0.3, -0.25) is 0 Å². The van der Waals surface area contributed by atoms with Crippen molar-refractivity contribution >= 4 is 9.84 Å². The lowest BCUT2D eigenvalue weighted by molar-refractivity contribution is 0.601. The summed E-state index contributed by atoms with van der Waals surface area (Å²) in [5.74, 6) is 0.225. The average Bonchev–Trinajstić information content (AvgIpc) is 1.59. The molecule has 0 aromatic carbocycles. The summed E-state index contributed by atoms with van der Waals surface area (Å²) in [6.07, 6.45) is 1.81. The number of rotatable bonds is 3. The summed E-state index contributed by atoms with van der Waals surface area (Å²) in [6, 6.07) is 0. The van der Waals surface area contributed by atoms with E-state index >= 15 is 0 Å². The van der Waals surface area contributed by atoms with E-state index in [1.165, 1.54) is 6.26 Å². The second-order valence-corrected chi connectivity index (χ2v) is 4.60. The third-order valence-corrected chi connectivity index (χ3v) is 1.85. The summed E-state index contributed by atoms with van der Waals surface area (Å²) >= 11 is 0. The Balaban J connectivity index is 3.67. The molecule has 2 nitrogen and oxygen atoms in total. The van der Waals surface area contributed by atoms with Crippen LogP contribution in [0.3, 0.4) is 0 Å². The number of hydrogen-bond donors (Lipinski definition) is 0. The lowest BCUT2D eigenvalue weighted by Gasteiger charge is -1.95. The first-order valence-corrected chi connectivity index (χ1v) is 4.80. The van der Waals surface area contributed by atoms with Crippen LogP contribution in [0.1, 0.15) is 13.3 Å². The fraction of sp³-hybridized carbons (Fsp3) is 0.667. The van der Waals surface area contributed by atoms with E-state index in [1.54, 1.807) is 0 Å². The number of sulfone groups is 1. The lowest BCUT2D eigenvalue weighted by Crippen LogP contribution is -2.02. The van der Waals surface area contributed by atoms with Crippen molar-refractivity contribution in [2.45, 2.75) is 13.3 Å². The van der Waals surface area contributed by atoms with E-state index < -0.39 is 9.84 Å². The smallest absolute Gasteiger partial charge is 0.147 e. The minimum absolute atomic E-state index is 0.225. The quantitative estimate of drug-likeness (QED) is 0.559. The highest BCUT2D eigenvalue weighted by molar-refractivity contribution is 7.90. The molecular weight excluding hydrogens is 136 g/mol. The monoisotopic (exact) mass is 148 g/mol. The third-order valence-electron chi connectivity index (χ3n) is 0.900. The molecule has 0 unspecified atom stereocenters. The molecule has 0 N–H and O–H groups in total. The summed E-state index contributed by atoms with van der Waals surface area (Å²) in [4.78, 5) is 0. The highest BCUT2D eigenvalue weighted by atomic mass is 32.2. The molecule has 0 radical (unpaired) electrons. The first kappa shape index (κ1) is 8.69. The van der Waals surface area contributed by atoms with Gasteiger partial charge in [0.1, 0.15) is 9.84 Å². The molecule has 0 atom stereocenters. The highest BCUT2D eigenvalue weighted by Crippen LogP contribution is 1.97. The summed E-state index contributed by atoms with van der Waals surface area (Å²) in [6.45, 7) is 5.42.